The molecule has 3 aromatic carbocycles. The average molecular weight is 500 g/mol. The zero-order valence-corrected chi connectivity index (χ0v) is 20.4. The maximum Gasteiger partial charge on any atom is 0.265 e. The van der Waals surface area contributed by atoms with Crippen molar-refractivity contribution >= 4 is 35.0 Å². The number of ether oxygens (including phenoxy) is 2. The quantitative estimate of drug-likeness (QED) is 0.500. The fraction of sp³-hybridized carbons (Fsp3) is 0.214. The molecule has 0 aromatic heterocycles. The number of imide groups is 1. The summed E-state index contributed by atoms with van der Waals surface area (Å²) in [5, 5.41) is 2.74. The second kappa shape index (κ2) is 9.77. The lowest BCUT2D eigenvalue weighted by atomic mass is 10.1. The van der Waals surface area contributed by atoms with Crippen LogP contribution in [0.1, 0.15) is 33.2 Å². The Kier molecular flexibility index (Phi) is 6.35. The van der Waals surface area contributed by atoms with E-state index in [1.807, 2.05) is 31.2 Å². The molecule has 0 aliphatic carbocycles. The van der Waals surface area contributed by atoms with Crippen LogP contribution in [0, 0.1) is 6.92 Å². The lowest BCUT2D eigenvalue weighted by Gasteiger charge is -2.30. The highest BCUT2D eigenvalue weighted by Gasteiger charge is 2.40. The molecule has 37 heavy (non-hydrogen) atoms. The van der Waals surface area contributed by atoms with E-state index in [9.17, 15) is 19.2 Å². The van der Waals surface area contributed by atoms with Crippen molar-refractivity contribution in [1.82, 2.24) is 4.90 Å². The van der Waals surface area contributed by atoms with E-state index in [1.54, 1.807) is 47.4 Å². The standard InChI is InChI=1S/C28H25N3O6/c1-17-6-5-7-20(14-17)36-13-12-30-23-11-10-19(15-24(23)37-16-25(30)32)29-26(33)18(2)31-27(34)21-8-3-4-9-22(21)28(31)35/h3-11,14-15,18H,12-13,16H2,1-2H3,(H,29,33). The van der Waals surface area contributed by atoms with Crippen molar-refractivity contribution in [2.45, 2.75) is 19.9 Å². The third-order valence-corrected chi connectivity index (χ3v) is 6.34. The number of hydrogen-bond donors (Lipinski definition) is 1. The van der Waals surface area contributed by atoms with Crippen molar-refractivity contribution in [2.75, 3.05) is 30.0 Å². The summed E-state index contributed by atoms with van der Waals surface area (Å²) >= 11 is 0. The van der Waals surface area contributed by atoms with Crippen LogP contribution in [0.15, 0.2) is 66.7 Å². The molecule has 9 heteroatoms. The molecule has 0 saturated heterocycles. The van der Waals surface area contributed by atoms with Gasteiger partial charge in [0.2, 0.25) is 5.91 Å². The molecule has 4 amide bonds. The molecule has 0 saturated carbocycles. The summed E-state index contributed by atoms with van der Waals surface area (Å²) in [4.78, 5) is 53.4. The van der Waals surface area contributed by atoms with E-state index in [-0.39, 0.29) is 23.6 Å². The molecule has 2 aliphatic heterocycles. The molecule has 1 N–H and O–H groups in total. The highest BCUT2D eigenvalue weighted by atomic mass is 16.5. The van der Waals surface area contributed by atoms with Gasteiger partial charge in [0.1, 0.15) is 24.1 Å². The number of aryl methyl sites for hydroxylation is 1. The Hall–Kier alpha value is -4.66. The van der Waals surface area contributed by atoms with Gasteiger partial charge in [-0.05, 0) is 55.8 Å². The Morgan fingerprint density at radius 2 is 1.73 bits per heavy atom. The lowest BCUT2D eigenvalue weighted by molar-refractivity contribution is -0.121. The van der Waals surface area contributed by atoms with E-state index in [1.165, 1.54) is 6.92 Å². The number of fused-ring (bicyclic) bond motifs is 2. The Balaban J connectivity index is 1.25. The number of rotatable bonds is 7. The maximum atomic E-state index is 12.9. The Bertz CT molecular complexity index is 1380. The van der Waals surface area contributed by atoms with E-state index in [4.69, 9.17) is 9.47 Å². The van der Waals surface area contributed by atoms with Gasteiger partial charge in [0.25, 0.3) is 17.7 Å². The molecule has 5 rings (SSSR count). The normalized spacial score (nSPS) is 15.1. The fourth-order valence-corrected chi connectivity index (χ4v) is 4.41. The second-order valence-electron chi connectivity index (χ2n) is 8.87. The summed E-state index contributed by atoms with van der Waals surface area (Å²) in [5.41, 5.74) is 2.63. The summed E-state index contributed by atoms with van der Waals surface area (Å²) < 4.78 is 11.4. The molecule has 2 heterocycles. The molecule has 0 spiro atoms. The first-order valence-corrected chi connectivity index (χ1v) is 11.9. The van der Waals surface area contributed by atoms with Gasteiger partial charge in [0.05, 0.1) is 23.4 Å². The molecule has 0 fully saturated rings. The number of carbonyl (C=O) groups excluding carboxylic acids is 4. The summed E-state index contributed by atoms with van der Waals surface area (Å²) in [6, 6.07) is 18.1. The van der Waals surface area contributed by atoms with Crippen molar-refractivity contribution in [2.24, 2.45) is 0 Å². The van der Waals surface area contributed by atoms with Gasteiger partial charge in [-0.25, -0.2) is 0 Å². The third-order valence-electron chi connectivity index (χ3n) is 6.34. The van der Waals surface area contributed by atoms with Crippen LogP contribution < -0.4 is 19.7 Å². The molecule has 0 bridgehead atoms. The van der Waals surface area contributed by atoms with Gasteiger partial charge in [-0.2, -0.15) is 0 Å². The molecule has 1 atom stereocenters. The summed E-state index contributed by atoms with van der Waals surface area (Å²) in [7, 11) is 0. The van der Waals surface area contributed by atoms with Crippen molar-refractivity contribution in [3.8, 4) is 11.5 Å². The molecule has 3 aromatic rings. The average Bonchev–Trinajstić information content (AvgIpc) is 3.14. The number of nitrogens with zero attached hydrogens (tertiary/aromatic N) is 2. The predicted octanol–water partition coefficient (Wildman–Crippen LogP) is 3.42. The molecular formula is C28H25N3O6. The number of amides is 4. The zero-order chi connectivity index (χ0) is 26.1. The zero-order valence-electron chi connectivity index (χ0n) is 20.4. The van der Waals surface area contributed by atoms with Crippen LogP contribution in [0.2, 0.25) is 0 Å². The largest absolute Gasteiger partial charge is 0.492 e. The first-order chi connectivity index (χ1) is 17.8. The van der Waals surface area contributed by atoms with Crippen molar-refractivity contribution in [1.29, 1.82) is 0 Å². The maximum absolute atomic E-state index is 12.9. The molecular weight excluding hydrogens is 474 g/mol. The van der Waals surface area contributed by atoms with Crippen molar-refractivity contribution in [3.63, 3.8) is 0 Å². The SMILES string of the molecule is Cc1cccc(OCCN2C(=O)COc3cc(NC(=O)C(C)N4C(=O)c5ccccc5C4=O)ccc32)c1. The highest BCUT2D eigenvalue weighted by Crippen LogP contribution is 2.35. The Morgan fingerprint density at radius 3 is 2.43 bits per heavy atom. The molecule has 1 unspecified atom stereocenters. The molecule has 0 radical (unpaired) electrons. The first-order valence-electron chi connectivity index (χ1n) is 11.9. The predicted molar refractivity (Wildman–Crippen MR) is 136 cm³/mol. The number of benzene rings is 3. The monoisotopic (exact) mass is 499 g/mol. The fourth-order valence-electron chi connectivity index (χ4n) is 4.41. The van der Waals surface area contributed by atoms with Crippen LogP contribution in [-0.2, 0) is 9.59 Å². The van der Waals surface area contributed by atoms with E-state index in [0.29, 0.717) is 30.3 Å². The van der Waals surface area contributed by atoms with Crippen LogP contribution in [0.4, 0.5) is 11.4 Å². The summed E-state index contributed by atoms with van der Waals surface area (Å²) in [6.07, 6.45) is 0. The van der Waals surface area contributed by atoms with Crippen LogP contribution in [0.25, 0.3) is 0 Å². The van der Waals surface area contributed by atoms with Gasteiger partial charge in [-0.3, -0.25) is 24.1 Å². The molecule has 9 nitrogen and oxygen atoms in total. The van der Waals surface area contributed by atoms with Gasteiger partial charge in [0.15, 0.2) is 6.61 Å². The van der Waals surface area contributed by atoms with Gasteiger partial charge >= 0.3 is 0 Å². The van der Waals surface area contributed by atoms with Gasteiger partial charge in [0, 0.05) is 11.8 Å². The van der Waals surface area contributed by atoms with Gasteiger partial charge in [-0.1, -0.05) is 24.3 Å². The Labute approximate surface area is 213 Å². The number of nitrogens with one attached hydrogen (secondary N) is 1. The number of anilines is 2. The van der Waals surface area contributed by atoms with Crippen molar-refractivity contribution in [3.05, 3.63) is 83.4 Å². The lowest BCUT2D eigenvalue weighted by Crippen LogP contribution is -2.45. The molecule has 188 valence electrons. The minimum atomic E-state index is -1.03. The summed E-state index contributed by atoms with van der Waals surface area (Å²) in [6.45, 7) is 3.96. The first kappa shape index (κ1) is 24.1. The minimum absolute atomic E-state index is 0.139. The van der Waals surface area contributed by atoms with Crippen LogP contribution in [0.3, 0.4) is 0 Å². The van der Waals surface area contributed by atoms with E-state index < -0.39 is 23.8 Å². The van der Waals surface area contributed by atoms with E-state index >= 15 is 0 Å². The van der Waals surface area contributed by atoms with Crippen molar-refractivity contribution < 1.29 is 28.7 Å². The second-order valence-corrected chi connectivity index (χ2v) is 8.87. The minimum Gasteiger partial charge on any atom is -0.492 e. The third kappa shape index (κ3) is 4.63. The number of hydrogen-bond acceptors (Lipinski definition) is 6. The Morgan fingerprint density at radius 1 is 1.00 bits per heavy atom. The summed E-state index contributed by atoms with van der Waals surface area (Å²) in [5.74, 6) is -0.563. The van der Waals surface area contributed by atoms with Gasteiger partial charge < -0.3 is 19.7 Å². The van der Waals surface area contributed by atoms with Gasteiger partial charge in [-0.15, -0.1) is 0 Å². The number of carbonyl (C=O) groups is 4. The smallest absolute Gasteiger partial charge is 0.265 e. The van der Waals surface area contributed by atoms with E-state index in [2.05, 4.69) is 5.32 Å². The van der Waals surface area contributed by atoms with Crippen LogP contribution in [-0.4, -0.2) is 54.3 Å². The molecule has 2 aliphatic rings. The topological polar surface area (TPSA) is 105 Å². The highest BCUT2D eigenvalue weighted by molar-refractivity contribution is 6.23. The van der Waals surface area contributed by atoms with Crippen LogP contribution >= 0.6 is 0 Å². The van der Waals surface area contributed by atoms with Crippen LogP contribution in [0.5, 0.6) is 11.5 Å². The van der Waals surface area contributed by atoms with E-state index in [0.717, 1.165) is 16.2 Å².